The summed E-state index contributed by atoms with van der Waals surface area (Å²) >= 11 is 0. The number of urea groups is 1. The molecule has 9 nitrogen and oxygen atoms in total. The van der Waals surface area contributed by atoms with E-state index in [0.717, 1.165) is 17.0 Å². The van der Waals surface area contributed by atoms with Gasteiger partial charge in [-0.2, -0.15) is 5.10 Å². The van der Waals surface area contributed by atoms with Gasteiger partial charge in [0.1, 0.15) is 0 Å². The third-order valence-electron chi connectivity index (χ3n) is 5.00. The van der Waals surface area contributed by atoms with E-state index in [1.807, 2.05) is 30.5 Å². The number of rotatable bonds is 5. The number of nitrogens with one attached hydrogen (secondary N) is 1. The molecule has 1 aromatic heterocycles. The number of aryl methyl sites for hydroxylation is 1. The van der Waals surface area contributed by atoms with E-state index >= 15 is 0 Å². The van der Waals surface area contributed by atoms with E-state index in [2.05, 4.69) is 10.4 Å². The zero-order valence-corrected chi connectivity index (χ0v) is 16.2. The molecule has 0 aromatic carbocycles. The minimum atomic E-state index is -2.98. The molecule has 144 valence electrons. The van der Waals surface area contributed by atoms with Crippen LogP contribution in [0.1, 0.15) is 35.8 Å². The highest BCUT2D eigenvalue weighted by molar-refractivity contribution is 7.91. The normalized spacial score (nSPS) is 22.9. The van der Waals surface area contributed by atoms with Crippen molar-refractivity contribution in [2.75, 3.05) is 31.8 Å². The molecule has 0 bridgehead atoms. The van der Waals surface area contributed by atoms with Crippen molar-refractivity contribution in [1.29, 1.82) is 0 Å². The van der Waals surface area contributed by atoms with Crippen molar-refractivity contribution >= 4 is 21.8 Å². The van der Waals surface area contributed by atoms with Gasteiger partial charge in [-0.25, -0.2) is 13.2 Å². The molecule has 1 aromatic rings. The fourth-order valence-corrected chi connectivity index (χ4v) is 5.27. The molecule has 0 radical (unpaired) electrons. The predicted molar refractivity (Wildman–Crippen MR) is 95.2 cm³/mol. The maximum atomic E-state index is 11.9. The molecule has 0 unspecified atom stereocenters. The lowest BCUT2D eigenvalue weighted by Gasteiger charge is -2.29. The number of hydrogen-bond donors (Lipinski definition) is 1. The van der Waals surface area contributed by atoms with E-state index < -0.39 is 9.84 Å². The minimum Gasteiger partial charge on any atom is -0.337 e. The molecule has 3 rings (SSSR count). The molecule has 2 saturated heterocycles. The van der Waals surface area contributed by atoms with Gasteiger partial charge in [0.05, 0.1) is 29.9 Å². The molecule has 0 spiro atoms. The number of carbonyl (C=O) groups excluding carboxylic acids is 2. The first-order chi connectivity index (χ1) is 12.2. The summed E-state index contributed by atoms with van der Waals surface area (Å²) in [6, 6.07) is -0.486. The van der Waals surface area contributed by atoms with Crippen LogP contribution in [0.3, 0.4) is 0 Å². The summed E-state index contributed by atoms with van der Waals surface area (Å²) in [7, 11) is -1.14. The Kier molecular flexibility index (Phi) is 5.07. The quantitative estimate of drug-likeness (QED) is 0.778. The molecule has 1 N–H and O–H groups in total. The molecule has 2 aliphatic rings. The maximum Gasteiger partial charge on any atom is 0.325 e. The number of aromatic nitrogens is 2. The first-order valence-corrected chi connectivity index (χ1v) is 10.5. The lowest BCUT2D eigenvalue weighted by molar-refractivity contribution is -0.130. The molecule has 3 amide bonds. The van der Waals surface area contributed by atoms with Crippen LogP contribution in [0.5, 0.6) is 0 Å². The van der Waals surface area contributed by atoms with Crippen molar-refractivity contribution in [3.8, 4) is 0 Å². The largest absolute Gasteiger partial charge is 0.337 e. The van der Waals surface area contributed by atoms with Gasteiger partial charge in [0.25, 0.3) is 0 Å². The Morgan fingerprint density at radius 1 is 1.31 bits per heavy atom. The van der Waals surface area contributed by atoms with Crippen LogP contribution in [0, 0.1) is 13.8 Å². The van der Waals surface area contributed by atoms with Gasteiger partial charge in [0.15, 0.2) is 9.84 Å². The van der Waals surface area contributed by atoms with E-state index in [4.69, 9.17) is 0 Å². The van der Waals surface area contributed by atoms with E-state index in [9.17, 15) is 18.0 Å². The van der Waals surface area contributed by atoms with Crippen LogP contribution in [0.4, 0.5) is 4.79 Å². The molecule has 2 fully saturated rings. The summed E-state index contributed by atoms with van der Waals surface area (Å²) in [5, 5.41) is 7.22. The van der Waals surface area contributed by atoms with Gasteiger partial charge in [-0.3, -0.25) is 19.3 Å². The lowest BCUT2D eigenvalue weighted by Crippen LogP contribution is -2.53. The second-order valence-corrected chi connectivity index (χ2v) is 9.34. The number of imide groups is 1. The second kappa shape index (κ2) is 6.99. The van der Waals surface area contributed by atoms with Crippen LogP contribution in [0.15, 0.2) is 0 Å². The molecule has 10 heteroatoms. The Labute approximate surface area is 153 Å². The van der Waals surface area contributed by atoms with E-state index in [1.54, 1.807) is 0 Å². The molecule has 1 atom stereocenters. The summed E-state index contributed by atoms with van der Waals surface area (Å²) < 4.78 is 25.3. The van der Waals surface area contributed by atoms with Crippen LogP contribution >= 0.6 is 0 Å². The van der Waals surface area contributed by atoms with Crippen LogP contribution in [-0.4, -0.2) is 71.7 Å². The van der Waals surface area contributed by atoms with Crippen molar-refractivity contribution < 1.29 is 18.0 Å². The predicted octanol–water partition coefficient (Wildman–Crippen LogP) is 0.191. The van der Waals surface area contributed by atoms with Gasteiger partial charge in [0, 0.05) is 30.8 Å². The standard InChI is InChI=1S/C16H25N5O4S/c1-11-14(8-19(3)10-20-15(22)4-6-17-16(20)23)12(2)21(18-11)13-5-7-26(24,25)9-13/h13H,4-10H2,1-3H3,(H,17,23)/t13-/m0/s1. The maximum absolute atomic E-state index is 11.9. The smallest absolute Gasteiger partial charge is 0.325 e. The molecule has 0 aliphatic carbocycles. The van der Waals surface area contributed by atoms with Gasteiger partial charge in [-0.15, -0.1) is 0 Å². The Morgan fingerprint density at radius 3 is 2.65 bits per heavy atom. The number of hydrogen-bond acceptors (Lipinski definition) is 6. The van der Waals surface area contributed by atoms with Crippen molar-refractivity contribution in [1.82, 2.24) is 24.9 Å². The highest BCUT2D eigenvalue weighted by Crippen LogP contribution is 2.27. The molecule has 26 heavy (non-hydrogen) atoms. The van der Waals surface area contributed by atoms with Gasteiger partial charge in [-0.05, 0) is 27.3 Å². The SMILES string of the molecule is Cc1nn([C@H]2CCS(=O)(=O)C2)c(C)c1CN(C)CN1C(=O)CCNC1=O. The number of sulfone groups is 1. The topological polar surface area (TPSA) is 105 Å². The number of amides is 3. The average Bonchev–Trinajstić information content (AvgIpc) is 3.05. The van der Waals surface area contributed by atoms with Crippen LogP contribution in [-0.2, 0) is 21.2 Å². The zero-order valence-electron chi connectivity index (χ0n) is 15.4. The fourth-order valence-electron chi connectivity index (χ4n) is 3.57. The van der Waals surface area contributed by atoms with Crippen LogP contribution in [0.2, 0.25) is 0 Å². The molecular weight excluding hydrogens is 358 g/mol. The molecule has 2 aliphatic heterocycles. The van der Waals surface area contributed by atoms with Gasteiger partial charge in [-0.1, -0.05) is 0 Å². The lowest BCUT2D eigenvalue weighted by atomic mass is 10.1. The summed E-state index contributed by atoms with van der Waals surface area (Å²) in [5.74, 6) is 0.158. The van der Waals surface area contributed by atoms with E-state index in [0.29, 0.717) is 25.9 Å². The molecule has 3 heterocycles. The van der Waals surface area contributed by atoms with Gasteiger partial charge in [0.2, 0.25) is 5.91 Å². The van der Waals surface area contributed by atoms with E-state index in [1.165, 1.54) is 4.90 Å². The van der Waals surface area contributed by atoms with Gasteiger partial charge < -0.3 is 5.32 Å². The summed E-state index contributed by atoms with van der Waals surface area (Å²) in [6.07, 6.45) is 0.897. The molecular formula is C16H25N5O4S. The summed E-state index contributed by atoms with van der Waals surface area (Å²) in [6.45, 7) is 4.94. The Bertz CT molecular complexity index is 816. The fraction of sp³-hybridized carbons (Fsp3) is 0.688. The van der Waals surface area contributed by atoms with Crippen LogP contribution < -0.4 is 5.32 Å². The Balaban J connectivity index is 1.72. The zero-order chi connectivity index (χ0) is 19.1. The number of carbonyl (C=O) groups is 2. The first kappa shape index (κ1) is 18.8. The van der Waals surface area contributed by atoms with Crippen LogP contribution in [0.25, 0.3) is 0 Å². The summed E-state index contributed by atoms with van der Waals surface area (Å²) in [4.78, 5) is 26.9. The Morgan fingerprint density at radius 2 is 2.04 bits per heavy atom. The monoisotopic (exact) mass is 383 g/mol. The highest BCUT2D eigenvalue weighted by atomic mass is 32.2. The summed E-state index contributed by atoms with van der Waals surface area (Å²) in [5.41, 5.74) is 2.78. The second-order valence-electron chi connectivity index (χ2n) is 7.11. The van der Waals surface area contributed by atoms with Crippen molar-refractivity contribution in [3.63, 3.8) is 0 Å². The Hall–Kier alpha value is -1.94. The molecule has 0 saturated carbocycles. The average molecular weight is 383 g/mol. The van der Waals surface area contributed by atoms with Gasteiger partial charge >= 0.3 is 6.03 Å². The first-order valence-electron chi connectivity index (χ1n) is 8.69. The number of nitrogens with zero attached hydrogens (tertiary/aromatic N) is 4. The third kappa shape index (κ3) is 3.75. The third-order valence-corrected chi connectivity index (χ3v) is 6.75. The van der Waals surface area contributed by atoms with Crippen molar-refractivity contribution in [3.05, 3.63) is 17.0 Å². The van der Waals surface area contributed by atoms with Crippen molar-refractivity contribution in [2.24, 2.45) is 0 Å². The minimum absolute atomic E-state index is 0.118. The van der Waals surface area contributed by atoms with E-state index in [-0.39, 0.29) is 36.2 Å². The highest BCUT2D eigenvalue weighted by Gasteiger charge is 2.32. The van der Waals surface area contributed by atoms with Crippen molar-refractivity contribution in [2.45, 2.75) is 39.3 Å².